The molecule has 0 amide bonds. The molecule has 0 aliphatic carbocycles. The Kier molecular flexibility index (Phi) is 12.2. The van der Waals surface area contributed by atoms with Gasteiger partial charge in [-0.2, -0.15) is 0 Å². The van der Waals surface area contributed by atoms with E-state index in [2.05, 4.69) is 37.5 Å². The molecule has 1 fully saturated rings. The highest BCUT2D eigenvalue weighted by Gasteiger charge is 2.12. The van der Waals surface area contributed by atoms with Gasteiger partial charge in [-0.25, -0.2) is 4.98 Å². The molecule has 148 valence electrons. The van der Waals surface area contributed by atoms with Crippen LogP contribution in [0.25, 0.3) is 0 Å². The van der Waals surface area contributed by atoms with Crippen molar-refractivity contribution >= 4 is 41.5 Å². The van der Waals surface area contributed by atoms with E-state index < -0.39 is 0 Å². The van der Waals surface area contributed by atoms with Crippen LogP contribution in [0.4, 0.5) is 0 Å². The second kappa shape index (κ2) is 13.5. The highest BCUT2D eigenvalue weighted by molar-refractivity contribution is 14.0. The molecule has 0 unspecified atom stereocenters. The molecule has 6 nitrogen and oxygen atoms in total. The topological polar surface area (TPSA) is 55.8 Å². The third-order valence-corrected chi connectivity index (χ3v) is 4.73. The lowest BCUT2D eigenvalue weighted by Crippen LogP contribution is -2.44. The maximum atomic E-state index is 5.80. The molecule has 2 heterocycles. The van der Waals surface area contributed by atoms with Crippen molar-refractivity contribution in [1.29, 1.82) is 0 Å². The molecule has 1 aliphatic heterocycles. The van der Waals surface area contributed by atoms with Crippen molar-refractivity contribution < 1.29 is 0 Å². The van der Waals surface area contributed by atoms with E-state index in [-0.39, 0.29) is 24.0 Å². The summed E-state index contributed by atoms with van der Waals surface area (Å²) in [4.78, 5) is 13.3. The Hall–Kier alpha value is -0.640. The van der Waals surface area contributed by atoms with E-state index in [1.54, 1.807) is 0 Å². The Bertz CT molecular complexity index is 517. The number of piperazine rings is 1. The largest absolute Gasteiger partial charge is 0.356 e. The molecule has 2 N–H and O–H groups in total. The molecular formula is C18H32ClIN6. The fourth-order valence-electron chi connectivity index (χ4n) is 2.84. The molecule has 0 radical (unpaired) electrons. The summed E-state index contributed by atoms with van der Waals surface area (Å²) in [5.41, 5.74) is 1.17. The number of rotatable bonds is 8. The minimum absolute atomic E-state index is 0. The van der Waals surface area contributed by atoms with Crippen molar-refractivity contribution in [3.63, 3.8) is 0 Å². The zero-order chi connectivity index (χ0) is 17.9. The van der Waals surface area contributed by atoms with E-state index in [4.69, 9.17) is 11.6 Å². The summed E-state index contributed by atoms with van der Waals surface area (Å²) in [5, 5.41) is 7.26. The number of pyridine rings is 1. The highest BCUT2D eigenvalue weighted by Crippen LogP contribution is 2.05. The Morgan fingerprint density at radius 3 is 2.54 bits per heavy atom. The van der Waals surface area contributed by atoms with Gasteiger partial charge in [0.25, 0.3) is 0 Å². The van der Waals surface area contributed by atoms with Gasteiger partial charge in [0, 0.05) is 52.5 Å². The Morgan fingerprint density at radius 2 is 1.88 bits per heavy atom. The predicted octanol–water partition coefficient (Wildman–Crippen LogP) is 2.09. The fourth-order valence-corrected chi connectivity index (χ4v) is 2.95. The first-order valence-corrected chi connectivity index (χ1v) is 9.51. The minimum Gasteiger partial charge on any atom is -0.356 e. The first-order valence-electron chi connectivity index (χ1n) is 9.13. The van der Waals surface area contributed by atoms with Crippen LogP contribution in [-0.4, -0.2) is 80.7 Å². The van der Waals surface area contributed by atoms with Crippen molar-refractivity contribution in [1.82, 2.24) is 25.4 Å². The molecule has 1 aromatic heterocycles. The van der Waals surface area contributed by atoms with E-state index in [0.29, 0.717) is 5.15 Å². The number of halogens is 2. The first kappa shape index (κ1) is 23.4. The average molecular weight is 495 g/mol. The van der Waals surface area contributed by atoms with Crippen molar-refractivity contribution in [3.8, 4) is 0 Å². The molecule has 2 rings (SSSR count). The molecule has 26 heavy (non-hydrogen) atoms. The van der Waals surface area contributed by atoms with Crippen LogP contribution in [0.15, 0.2) is 23.3 Å². The van der Waals surface area contributed by atoms with Gasteiger partial charge in [-0.15, -0.1) is 24.0 Å². The molecule has 0 bridgehead atoms. The van der Waals surface area contributed by atoms with Crippen LogP contribution < -0.4 is 10.6 Å². The molecule has 1 saturated heterocycles. The van der Waals surface area contributed by atoms with E-state index in [1.807, 2.05) is 25.4 Å². The zero-order valence-electron chi connectivity index (χ0n) is 15.9. The van der Waals surface area contributed by atoms with Crippen molar-refractivity contribution in [2.24, 2.45) is 4.99 Å². The van der Waals surface area contributed by atoms with Crippen LogP contribution in [0.2, 0.25) is 5.15 Å². The third-order valence-electron chi connectivity index (χ3n) is 4.51. The maximum Gasteiger partial charge on any atom is 0.190 e. The lowest BCUT2D eigenvalue weighted by atomic mass is 10.2. The number of hydrogen-bond donors (Lipinski definition) is 2. The van der Waals surface area contributed by atoms with Crippen LogP contribution in [0.1, 0.15) is 18.4 Å². The zero-order valence-corrected chi connectivity index (χ0v) is 19.0. The summed E-state index contributed by atoms with van der Waals surface area (Å²) in [6.45, 7) is 7.76. The molecule has 1 aliphatic rings. The summed E-state index contributed by atoms with van der Waals surface area (Å²) in [7, 11) is 4.01. The molecule has 0 atom stereocenters. The smallest absolute Gasteiger partial charge is 0.190 e. The minimum atomic E-state index is 0. The summed E-state index contributed by atoms with van der Waals surface area (Å²) in [6, 6.07) is 3.83. The molecule has 0 aromatic carbocycles. The molecule has 1 aromatic rings. The van der Waals surface area contributed by atoms with Gasteiger partial charge in [-0.05, 0) is 44.5 Å². The van der Waals surface area contributed by atoms with Crippen LogP contribution in [0.3, 0.4) is 0 Å². The predicted molar refractivity (Wildman–Crippen MR) is 121 cm³/mol. The lowest BCUT2D eigenvalue weighted by Gasteiger charge is -2.32. The number of aromatic nitrogens is 1. The van der Waals surface area contributed by atoms with Crippen molar-refractivity contribution in [3.05, 3.63) is 29.0 Å². The number of likely N-dealkylation sites (N-methyl/N-ethyl adjacent to an activating group) is 1. The monoisotopic (exact) mass is 494 g/mol. The number of unbranched alkanes of at least 4 members (excludes halogenated alkanes) is 1. The fraction of sp³-hybridized carbons (Fsp3) is 0.667. The highest BCUT2D eigenvalue weighted by atomic mass is 127. The van der Waals surface area contributed by atoms with E-state index in [1.165, 1.54) is 44.7 Å². The SMILES string of the molecule is CN=C(NCCCCN1CCN(C)CC1)NCCc1ccc(Cl)nc1.I. The lowest BCUT2D eigenvalue weighted by molar-refractivity contribution is 0.152. The van der Waals surface area contributed by atoms with Crippen LogP contribution >= 0.6 is 35.6 Å². The van der Waals surface area contributed by atoms with E-state index >= 15 is 0 Å². The Labute approximate surface area is 179 Å². The van der Waals surface area contributed by atoms with Crippen LogP contribution in [0.5, 0.6) is 0 Å². The molecule has 0 saturated carbocycles. The third kappa shape index (κ3) is 9.34. The summed E-state index contributed by atoms with van der Waals surface area (Å²) in [6.07, 6.45) is 5.10. The van der Waals surface area contributed by atoms with Gasteiger partial charge < -0.3 is 20.4 Å². The van der Waals surface area contributed by atoms with Crippen molar-refractivity contribution in [2.75, 3.05) is 59.9 Å². The molecule has 0 spiro atoms. The summed E-state index contributed by atoms with van der Waals surface area (Å²) < 4.78 is 0. The second-order valence-electron chi connectivity index (χ2n) is 6.52. The van der Waals surface area contributed by atoms with Gasteiger partial charge in [0.15, 0.2) is 5.96 Å². The van der Waals surface area contributed by atoms with Gasteiger partial charge >= 0.3 is 0 Å². The normalized spacial score (nSPS) is 16.2. The number of hydrogen-bond acceptors (Lipinski definition) is 4. The van der Waals surface area contributed by atoms with Gasteiger partial charge in [-0.3, -0.25) is 4.99 Å². The second-order valence-corrected chi connectivity index (χ2v) is 6.90. The van der Waals surface area contributed by atoms with E-state index in [0.717, 1.165) is 31.9 Å². The van der Waals surface area contributed by atoms with Gasteiger partial charge in [-0.1, -0.05) is 17.7 Å². The van der Waals surface area contributed by atoms with Crippen molar-refractivity contribution in [2.45, 2.75) is 19.3 Å². The van der Waals surface area contributed by atoms with Gasteiger partial charge in [0.1, 0.15) is 5.15 Å². The summed E-state index contributed by atoms with van der Waals surface area (Å²) in [5.74, 6) is 0.863. The van der Waals surface area contributed by atoms with Gasteiger partial charge in [0.2, 0.25) is 0 Å². The van der Waals surface area contributed by atoms with Crippen LogP contribution in [0, 0.1) is 0 Å². The average Bonchev–Trinajstić information content (AvgIpc) is 2.63. The number of guanidine groups is 1. The molecular weight excluding hydrogens is 463 g/mol. The standard InChI is InChI=1S/C18H31ClN6.HI/c1-20-18(22-9-7-16-5-6-17(19)23-15-16)21-8-3-4-10-25-13-11-24(2)12-14-25;/h5-6,15H,3-4,7-14H2,1-2H3,(H2,20,21,22);1H. The summed E-state index contributed by atoms with van der Waals surface area (Å²) >= 11 is 5.80. The van der Waals surface area contributed by atoms with Crippen LogP contribution in [-0.2, 0) is 6.42 Å². The quantitative estimate of drug-likeness (QED) is 0.191. The number of aliphatic imine (C=N–C) groups is 1. The number of nitrogens with zero attached hydrogens (tertiary/aromatic N) is 4. The Morgan fingerprint density at radius 1 is 1.15 bits per heavy atom. The number of nitrogens with one attached hydrogen (secondary N) is 2. The maximum absolute atomic E-state index is 5.80. The van der Waals surface area contributed by atoms with Gasteiger partial charge in [0.05, 0.1) is 0 Å². The first-order chi connectivity index (χ1) is 12.2. The Balaban J connectivity index is 0.00000338. The molecule has 8 heteroatoms. The van der Waals surface area contributed by atoms with E-state index in [9.17, 15) is 0 Å².